The fraction of sp³-hybridized carbons (Fsp3) is 0.600. The second-order valence-electron chi connectivity index (χ2n) is 7.39. The summed E-state index contributed by atoms with van der Waals surface area (Å²) in [5.41, 5.74) is 0. The van der Waals surface area contributed by atoms with Crippen LogP contribution < -0.4 is 4.72 Å². The van der Waals surface area contributed by atoms with E-state index in [1.165, 1.54) is 50.5 Å². The Hall–Kier alpha value is -1.93. The zero-order chi connectivity index (χ0) is 19.6. The lowest BCUT2D eigenvalue weighted by atomic mass is 9.84. The molecular weight excluding hydrogens is 376 g/mol. The van der Waals surface area contributed by atoms with Gasteiger partial charge < -0.3 is 9.63 Å². The molecule has 0 radical (unpaired) electrons. The Labute approximate surface area is 169 Å². The first-order chi connectivity index (χ1) is 13.7. The number of nitrogens with one attached hydrogen (secondary N) is 1. The van der Waals surface area contributed by atoms with E-state index in [2.05, 4.69) is 19.8 Å². The molecule has 3 rings (SSSR count). The van der Waals surface area contributed by atoms with Gasteiger partial charge in [0.2, 0.25) is 5.89 Å². The third-order valence-electron chi connectivity index (χ3n) is 5.20. The van der Waals surface area contributed by atoms with Crippen molar-refractivity contribution >= 4 is 17.9 Å². The second kappa shape index (κ2) is 11.2. The predicted octanol–water partition coefficient (Wildman–Crippen LogP) is 4.57. The van der Waals surface area contributed by atoms with E-state index in [1.54, 1.807) is 12.4 Å². The Balaban J connectivity index is 1.48. The minimum Gasteiger partial charge on any atom is -0.481 e. The van der Waals surface area contributed by atoms with Gasteiger partial charge in [-0.3, -0.25) is 14.5 Å². The van der Waals surface area contributed by atoms with Crippen LogP contribution in [0.15, 0.2) is 33.9 Å². The van der Waals surface area contributed by atoms with E-state index in [0.717, 1.165) is 23.7 Å². The van der Waals surface area contributed by atoms with Crippen molar-refractivity contribution in [3.63, 3.8) is 0 Å². The standard InChI is InChI=1S/C20H28N4O3S/c25-19(26)12-16(9-4-8-15-6-2-1-3-7-15)20-23-18(24-27-20)14-22-28-17-10-5-11-21-13-17/h5,10-11,13,15-16,22H,1-4,6-9,12,14H2,(H,25,26)/t16-/m1/s1. The Kier molecular flexibility index (Phi) is 8.29. The first kappa shape index (κ1) is 20.8. The highest BCUT2D eigenvalue weighted by molar-refractivity contribution is 7.97. The summed E-state index contributed by atoms with van der Waals surface area (Å²) in [5.74, 6) is 0.732. The summed E-state index contributed by atoms with van der Waals surface area (Å²) in [5, 5.41) is 13.3. The number of aromatic nitrogens is 3. The molecule has 1 saturated carbocycles. The van der Waals surface area contributed by atoms with Gasteiger partial charge in [0.05, 0.1) is 13.0 Å². The van der Waals surface area contributed by atoms with Crippen LogP contribution in [-0.2, 0) is 11.3 Å². The molecule has 2 heterocycles. The first-order valence-electron chi connectivity index (χ1n) is 10.0. The molecule has 1 fully saturated rings. The van der Waals surface area contributed by atoms with Gasteiger partial charge >= 0.3 is 5.97 Å². The molecular formula is C20H28N4O3S. The maximum atomic E-state index is 11.3. The molecule has 0 amide bonds. The number of carboxylic acids is 1. The van der Waals surface area contributed by atoms with Crippen molar-refractivity contribution in [2.75, 3.05) is 0 Å². The van der Waals surface area contributed by atoms with Gasteiger partial charge in [0.1, 0.15) is 0 Å². The molecule has 0 bridgehead atoms. The molecule has 2 aromatic heterocycles. The SMILES string of the molecule is O=C(O)C[C@@H](CCCC1CCCCC1)c1nc(CNSc2cccnc2)no1. The van der Waals surface area contributed by atoms with Crippen LogP contribution in [0.5, 0.6) is 0 Å². The van der Waals surface area contributed by atoms with Crippen LogP contribution in [0.4, 0.5) is 0 Å². The highest BCUT2D eigenvalue weighted by Crippen LogP contribution is 2.31. The molecule has 0 aliphatic heterocycles. The summed E-state index contributed by atoms with van der Waals surface area (Å²) in [4.78, 5) is 20.8. The van der Waals surface area contributed by atoms with E-state index in [1.807, 2.05) is 12.1 Å². The summed E-state index contributed by atoms with van der Waals surface area (Å²) in [6.45, 7) is 0.435. The molecule has 1 aliphatic rings. The van der Waals surface area contributed by atoms with Gasteiger partial charge in [0, 0.05) is 23.2 Å². The summed E-state index contributed by atoms with van der Waals surface area (Å²) >= 11 is 1.44. The summed E-state index contributed by atoms with van der Waals surface area (Å²) < 4.78 is 8.56. The predicted molar refractivity (Wildman–Crippen MR) is 107 cm³/mol. The molecule has 152 valence electrons. The van der Waals surface area contributed by atoms with Crippen molar-refractivity contribution in [3.05, 3.63) is 36.2 Å². The van der Waals surface area contributed by atoms with Crippen molar-refractivity contribution in [3.8, 4) is 0 Å². The zero-order valence-electron chi connectivity index (χ0n) is 16.0. The van der Waals surface area contributed by atoms with Crippen molar-refractivity contribution < 1.29 is 14.4 Å². The van der Waals surface area contributed by atoms with Crippen LogP contribution in [0.2, 0.25) is 0 Å². The number of hydrogen-bond donors (Lipinski definition) is 2. The lowest BCUT2D eigenvalue weighted by Crippen LogP contribution is -2.10. The smallest absolute Gasteiger partial charge is 0.304 e. The number of carboxylic acid groups (broad SMARTS) is 1. The van der Waals surface area contributed by atoms with Crippen molar-refractivity contribution in [1.29, 1.82) is 0 Å². The minimum atomic E-state index is -0.826. The molecule has 2 N–H and O–H groups in total. The average molecular weight is 405 g/mol. The van der Waals surface area contributed by atoms with E-state index in [9.17, 15) is 9.90 Å². The topological polar surface area (TPSA) is 101 Å². The molecule has 0 saturated heterocycles. The lowest BCUT2D eigenvalue weighted by Gasteiger charge is -2.21. The van der Waals surface area contributed by atoms with Crippen molar-refractivity contribution in [2.24, 2.45) is 5.92 Å². The van der Waals surface area contributed by atoms with Crippen LogP contribution >= 0.6 is 11.9 Å². The molecule has 0 unspecified atom stereocenters. The maximum Gasteiger partial charge on any atom is 0.304 e. The third-order valence-corrected chi connectivity index (χ3v) is 5.96. The van der Waals surface area contributed by atoms with Crippen molar-refractivity contribution in [1.82, 2.24) is 19.8 Å². The highest BCUT2D eigenvalue weighted by Gasteiger charge is 2.23. The quantitative estimate of drug-likeness (QED) is 0.525. The molecule has 2 aromatic rings. The normalized spacial score (nSPS) is 16.1. The van der Waals surface area contributed by atoms with Gasteiger partial charge in [-0.25, -0.2) is 0 Å². The van der Waals surface area contributed by atoms with Gasteiger partial charge in [0.25, 0.3) is 0 Å². The monoisotopic (exact) mass is 404 g/mol. The minimum absolute atomic E-state index is 0.0319. The second-order valence-corrected chi connectivity index (χ2v) is 8.35. The molecule has 1 aliphatic carbocycles. The number of aliphatic carboxylic acids is 1. The fourth-order valence-corrected chi connectivity index (χ4v) is 4.38. The molecule has 8 heteroatoms. The Morgan fingerprint density at radius 1 is 1.36 bits per heavy atom. The van der Waals surface area contributed by atoms with Gasteiger partial charge in [-0.15, -0.1) is 0 Å². The summed E-state index contributed by atoms with van der Waals surface area (Å²) in [6, 6.07) is 3.84. The highest BCUT2D eigenvalue weighted by atomic mass is 32.2. The zero-order valence-corrected chi connectivity index (χ0v) is 16.9. The fourth-order valence-electron chi connectivity index (χ4n) is 3.75. The van der Waals surface area contributed by atoms with E-state index in [-0.39, 0.29) is 12.3 Å². The van der Waals surface area contributed by atoms with Crippen molar-refractivity contribution in [2.45, 2.75) is 75.1 Å². The van der Waals surface area contributed by atoms with Gasteiger partial charge in [-0.05, 0) is 36.4 Å². The Morgan fingerprint density at radius 3 is 2.96 bits per heavy atom. The molecule has 0 spiro atoms. The number of hydrogen-bond acceptors (Lipinski definition) is 7. The third kappa shape index (κ3) is 6.91. The number of pyridine rings is 1. The largest absolute Gasteiger partial charge is 0.481 e. The van der Waals surface area contributed by atoms with E-state index < -0.39 is 5.97 Å². The molecule has 1 atom stereocenters. The average Bonchev–Trinajstić information content (AvgIpc) is 3.17. The van der Waals surface area contributed by atoms with Gasteiger partial charge in [-0.1, -0.05) is 50.1 Å². The Morgan fingerprint density at radius 2 is 2.21 bits per heavy atom. The Bertz CT molecular complexity index is 719. The number of carbonyl (C=O) groups is 1. The van der Waals surface area contributed by atoms with Crippen LogP contribution in [0.1, 0.15) is 75.4 Å². The summed E-state index contributed by atoms with van der Waals surface area (Å²) in [7, 11) is 0. The van der Waals surface area contributed by atoms with Gasteiger partial charge in [0.15, 0.2) is 5.82 Å². The maximum absolute atomic E-state index is 11.3. The van der Waals surface area contributed by atoms with E-state index >= 15 is 0 Å². The number of nitrogens with zero attached hydrogens (tertiary/aromatic N) is 3. The molecule has 0 aromatic carbocycles. The van der Waals surface area contributed by atoms with Crippen LogP contribution in [0.25, 0.3) is 0 Å². The first-order valence-corrected chi connectivity index (χ1v) is 10.9. The number of rotatable bonds is 11. The van der Waals surface area contributed by atoms with E-state index in [4.69, 9.17) is 4.52 Å². The molecule has 7 nitrogen and oxygen atoms in total. The van der Waals surface area contributed by atoms with E-state index in [0.29, 0.717) is 18.3 Å². The van der Waals surface area contributed by atoms with Gasteiger partial charge in [-0.2, -0.15) is 4.98 Å². The lowest BCUT2D eigenvalue weighted by molar-refractivity contribution is -0.137. The molecule has 28 heavy (non-hydrogen) atoms. The van der Waals surface area contributed by atoms with Crippen LogP contribution in [-0.4, -0.2) is 26.2 Å². The van der Waals surface area contributed by atoms with Crippen LogP contribution in [0.3, 0.4) is 0 Å². The van der Waals surface area contributed by atoms with Crippen LogP contribution in [0, 0.1) is 5.92 Å². The summed E-state index contributed by atoms with van der Waals surface area (Å²) in [6.07, 6.45) is 13.1.